The number of hydrogen-bond acceptors (Lipinski definition) is 3. The van der Waals surface area contributed by atoms with Crippen LogP contribution >= 0.6 is 0 Å². The number of benzene rings is 4. The van der Waals surface area contributed by atoms with E-state index >= 15 is 0 Å². The number of carbonyl (C=O) groups excluding carboxylic acids is 3. The zero-order chi connectivity index (χ0) is 28.2. The molecule has 4 aromatic rings. The summed E-state index contributed by atoms with van der Waals surface area (Å²) in [6.07, 6.45) is 2.37. The highest BCUT2D eigenvalue weighted by Crippen LogP contribution is 2.43. The van der Waals surface area contributed by atoms with Gasteiger partial charge in [0.05, 0.1) is 23.8 Å². The van der Waals surface area contributed by atoms with E-state index in [4.69, 9.17) is 0 Å². The number of anilines is 2. The van der Waals surface area contributed by atoms with Crippen LogP contribution in [0, 0.1) is 5.92 Å². The van der Waals surface area contributed by atoms with E-state index in [1.165, 1.54) is 0 Å². The Morgan fingerprint density at radius 2 is 1.29 bits per heavy atom. The molecule has 3 amide bonds. The van der Waals surface area contributed by atoms with Crippen molar-refractivity contribution in [3.05, 3.63) is 132 Å². The summed E-state index contributed by atoms with van der Waals surface area (Å²) in [5.41, 5.74) is 3.97. The first-order chi connectivity index (χ1) is 20.1. The maximum atomic E-state index is 14.4. The molecule has 0 aromatic heterocycles. The predicted molar refractivity (Wildman–Crippen MR) is 160 cm³/mol. The first kappa shape index (κ1) is 26.5. The normalized spacial score (nSPS) is 17.9. The summed E-state index contributed by atoms with van der Waals surface area (Å²) < 4.78 is 0. The first-order valence-electron chi connectivity index (χ1n) is 14.2. The van der Waals surface area contributed by atoms with Crippen molar-refractivity contribution in [2.45, 2.75) is 38.4 Å². The van der Waals surface area contributed by atoms with Crippen LogP contribution in [0.1, 0.15) is 40.7 Å². The topological polar surface area (TPSA) is 60.9 Å². The van der Waals surface area contributed by atoms with E-state index in [1.54, 1.807) is 17.0 Å². The second-order valence-electron chi connectivity index (χ2n) is 10.8. The molecule has 0 spiro atoms. The SMILES string of the molecule is O=C(c1ccccc1)N(CC(=O)N1c2ccccc2N(Cc2ccccc2)C(=O)C2CCCC21)Cc1ccccc1. The number of nitrogens with zero attached hydrogens (tertiary/aromatic N) is 3. The lowest BCUT2D eigenvalue weighted by Gasteiger charge is -2.33. The van der Waals surface area contributed by atoms with Crippen molar-refractivity contribution in [3.63, 3.8) is 0 Å². The van der Waals surface area contributed by atoms with Gasteiger partial charge in [-0.15, -0.1) is 0 Å². The van der Waals surface area contributed by atoms with Crippen molar-refractivity contribution >= 4 is 29.1 Å². The number of para-hydroxylation sites is 2. The van der Waals surface area contributed by atoms with Gasteiger partial charge in [-0.1, -0.05) is 97.4 Å². The van der Waals surface area contributed by atoms with Gasteiger partial charge in [0, 0.05) is 18.2 Å². The average Bonchev–Trinajstić information content (AvgIpc) is 3.47. The molecule has 2 aliphatic rings. The van der Waals surface area contributed by atoms with E-state index in [1.807, 2.05) is 113 Å². The molecule has 2 atom stereocenters. The molecule has 0 radical (unpaired) electrons. The molecule has 0 saturated heterocycles. The standard InChI is InChI=1S/C35H33N3O3/c39-33(25-36(23-26-13-4-1-5-14-26)34(40)28-17-8-3-9-18-28)38-30-22-12-19-29(30)35(41)37(24-27-15-6-2-7-16-27)31-20-10-11-21-32(31)38/h1-11,13-18,20-21,29-30H,12,19,22-25H2. The fourth-order valence-electron chi connectivity index (χ4n) is 6.19. The monoisotopic (exact) mass is 543 g/mol. The largest absolute Gasteiger partial charge is 0.325 e. The minimum atomic E-state index is -0.289. The summed E-state index contributed by atoms with van der Waals surface area (Å²) in [4.78, 5) is 47.4. The van der Waals surface area contributed by atoms with E-state index in [0.717, 1.165) is 41.8 Å². The average molecular weight is 544 g/mol. The third-order valence-electron chi connectivity index (χ3n) is 8.13. The maximum absolute atomic E-state index is 14.4. The van der Waals surface area contributed by atoms with Crippen LogP contribution in [-0.4, -0.2) is 35.2 Å². The summed E-state index contributed by atoms with van der Waals surface area (Å²) >= 11 is 0. The maximum Gasteiger partial charge on any atom is 0.254 e. The Hall–Kier alpha value is -4.71. The van der Waals surface area contributed by atoms with Gasteiger partial charge in [-0.25, -0.2) is 0 Å². The highest BCUT2D eigenvalue weighted by Gasteiger charge is 2.45. The Bertz CT molecular complexity index is 1520. The van der Waals surface area contributed by atoms with E-state index in [2.05, 4.69) is 0 Å². The molecular formula is C35H33N3O3. The van der Waals surface area contributed by atoms with Crippen LogP contribution in [0.15, 0.2) is 115 Å². The third kappa shape index (κ3) is 5.50. The van der Waals surface area contributed by atoms with Gasteiger partial charge in [-0.3, -0.25) is 14.4 Å². The van der Waals surface area contributed by atoms with E-state index in [-0.39, 0.29) is 36.2 Å². The lowest BCUT2D eigenvalue weighted by Crippen LogP contribution is -2.49. The van der Waals surface area contributed by atoms with Crippen molar-refractivity contribution in [1.29, 1.82) is 0 Å². The van der Waals surface area contributed by atoms with Gasteiger partial charge >= 0.3 is 0 Å². The third-order valence-corrected chi connectivity index (χ3v) is 8.13. The summed E-state index contributed by atoms with van der Waals surface area (Å²) in [5, 5.41) is 0. The van der Waals surface area contributed by atoms with Crippen molar-refractivity contribution < 1.29 is 14.4 Å². The lowest BCUT2D eigenvalue weighted by atomic mass is 10.0. The summed E-state index contributed by atoms with van der Waals surface area (Å²) in [6.45, 7) is 0.657. The van der Waals surface area contributed by atoms with Gasteiger partial charge in [0.25, 0.3) is 5.91 Å². The molecule has 1 fully saturated rings. The highest BCUT2D eigenvalue weighted by molar-refractivity contribution is 6.08. The van der Waals surface area contributed by atoms with E-state index in [0.29, 0.717) is 18.7 Å². The Morgan fingerprint density at radius 1 is 0.707 bits per heavy atom. The van der Waals surface area contributed by atoms with E-state index in [9.17, 15) is 14.4 Å². The van der Waals surface area contributed by atoms with Crippen molar-refractivity contribution in [2.75, 3.05) is 16.3 Å². The Balaban J connectivity index is 1.36. The molecule has 1 saturated carbocycles. The molecule has 41 heavy (non-hydrogen) atoms. The lowest BCUT2D eigenvalue weighted by molar-refractivity contribution is -0.123. The van der Waals surface area contributed by atoms with Crippen molar-refractivity contribution in [2.24, 2.45) is 5.92 Å². The molecular weight excluding hydrogens is 510 g/mol. The molecule has 0 bridgehead atoms. The molecule has 4 aromatic carbocycles. The predicted octanol–water partition coefficient (Wildman–Crippen LogP) is 6.08. The molecule has 6 nitrogen and oxygen atoms in total. The van der Waals surface area contributed by atoms with Gasteiger partial charge in [0.2, 0.25) is 11.8 Å². The molecule has 1 aliphatic carbocycles. The molecule has 1 heterocycles. The number of fused-ring (bicyclic) bond motifs is 2. The molecule has 2 unspecified atom stereocenters. The summed E-state index contributed by atoms with van der Waals surface area (Å²) in [6, 6.07) is 36.2. The van der Waals surface area contributed by atoms with Gasteiger partial charge in [-0.05, 0) is 48.2 Å². The van der Waals surface area contributed by atoms with Gasteiger partial charge < -0.3 is 14.7 Å². The Kier molecular flexibility index (Phi) is 7.63. The smallest absolute Gasteiger partial charge is 0.254 e. The summed E-state index contributed by atoms with van der Waals surface area (Å²) in [7, 11) is 0. The number of carbonyl (C=O) groups is 3. The van der Waals surface area contributed by atoms with Crippen LogP contribution in [0.4, 0.5) is 11.4 Å². The van der Waals surface area contributed by atoms with Crippen LogP contribution in [0.2, 0.25) is 0 Å². The minimum Gasteiger partial charge on any atom is -0.325 e. The van der Waals surface area contributed by atoms with Crippen LogP contribution in [0.3, 0.4) is 0 Å². The number of hydrogen-bond donors (Lipinski definition) is 0. The van der Waals surface area contributed by atoms with E-state index < -0.39 is 0 Å². The van der Waals surface area contributed by atoms with Gasteiger partial charge in [-0.2, -0.15) is 0 Å². The minimum absolute atomic E-state index is 0.0561. The first-order valence-corrected chi connectivity index (χ1v) is 14.2. The van der Waals surface area contributed by atoms with Crippen LogP contribution in [0.5, 0.6) is 0 Å². The summed E-state index contributed by atoms with van der Waals surface area (Å²) in [5.74, 6) is -0.609. The molecule has 1 aliphatic heterocycles. The Morgan fingerprint density at radius 3 is 1.98 bits per heavy atom. The Labute approximate surface area is 240 Å². The van der Waals surface area contributed by atoms with Crippen LogP contribution < -0.4 is 9.80 Å². The van der Waals surface area contributed by atoms with Gasteiger partial charge in [0.1, 0.15) is 6.54 Å². The van der Waals surface area contributed by atoms with Crippen molar-refractivity contribution in [3.8, 4) is 0 Å². The molecule has 6 rings (SSSR count). The van der Waals surface area contributed by atoms with Crippen LogP contribution in [-0.2, 0) is 22.7 Å². The molecule has 0 N–H and O–H groups in total. The zero-order valence-corrected chi connectivity index (χ0v) is 22.9. The van der Waals surface area contributed by atoms with Crippen molar-refractivity contribution in [1.82, 2.24) is 4.90 Å². The molecule has 206 valence electrons. The fraction of sp³-hybridized carbons (Fsp3) is 0.229. The highest BCUT2D eigenvalue weighted by atomic mass is 16.2. The number of rotatable bonds is 7. The fourth-order valence-corrected chi connectivity index (χ4v) is 6.19. The molecule has 6 heteroatoms. The van der Waals surface area contributed by atoms with Gasteiger partial charge in [0.15, 0.2) is 0 Å². The van der Waals surface area contributed by atoms with Crippen LogP contribution in [0.25, 0.3) is 0 Å². The number of amides is 3. The second-order valence-corrected chi connectivity index (χ2v) is 10.8. The quantitative estimate of drug-likeness (QED) is 0.284. The zero-order valence-electron chi connectivity index (χ0n) is 22.9. The second kappa shape index (κ2) is 11.8.